The van der Waals surface area contributed by atoms with E-state index in [9.17, 15) is 9.59 Å². The lowest BCUT2D eigenvalue weighted by atomic mass is 10.3. The molecular weight excluding hydrogens is 258 g/mol. The number of benzene rings is 1. The smallest absolute Gasteiger partial charge is 0.306 e. The summed E-state index contributed by atoms with van der Waals surface area (Å²) in [7, 11) is 0. The Labute approximate surface area is 113 Å². The maximum atomic E-state index is 11.9. The fourth-order valence-corrected chi connectivity index (χ4v) is 2.20. The fourth-order valence-electron chi connectivity index (χ4n) is 2.20. The molecule has 7 heteroatoms. The first-order valence-electron chi connectivity index (χ1n) is 6.31. The van der Waals surface area contributed by atoms with Gasteiger partial charge in [-0.1, -0.05) is 17.3 Å². The number of rotatable bonds is 5. The van der Waals surface area contributed by atoms with Gasteiger partial charge in [-0.2, -0.15) is 0 Å². The van der Waals surface area contributed by atoms with Gasteiger partial charge in [0.05, 0.1) is 17.2 Å². The highest BCUT2D eigenvalue weighted by molar-refractivity contribution is 5.74. The third kappa shape index (κ3) is 2.25. The van der Waals surface area contributed by atoms with Crippen LogP contribution in [-0.4, -0.2) is 30.8 Å². The first-order chi connectivity index (χ1) is 9.78. The molecule has 102 valence electrons. The third-order valence-electron chi connectivity index (χ3n) is 3.13. The maximum absolute atomic E-state index is 11.9. The zero-order chi connectivity index (χ0) is 13.9. The average molecular weight is 271 g/mol. The van der Waals surface area contributed by atoms with Crippen molar-refractivity contribution in [2.24, 2.45) is 0 Å². The fraction of sp³-hybridized carbons (Fsp3) is 0.231. The summed E-state index contributed by atoms with van der Waals surface area (Å²) in [6, 6.07) is 7.58. The highest BCUT2D eigenvalue weighted by atomic mass is 16.1. The summed E-state index contributed by atoms with van der Waals surface area (Å²) in [4.78, 5) is 25.2. The van der Waals surface area contributed by atoms with E-state index < -0.39 is 0 Å². The van der Waals surface area contributed by atoms with E-state index in [4.69, 9.17) is 0 Å². The molecule has 0 saturated heterocycles. The van der Waals surface area contributed by atoms with E-state index in [2.05, 4.69) is 15.3 Å². The number of nitrogens with zero attached hydrogens (tertiary/aromatic N) is 4. The molecule has 3 rings (SSSR count). The zero-order valence-corrected chi connectivity index (χ0v) is 10.7. The highest BCUT2D eigenvalue weighted by Gasteiger charge is 2.05. The van der Waals surface area contributed by atoms with Crippen LogP contribution in [0, 0.1) is 0 Å². The van der Waals surface area contributed by atoms with Gasteiger partial charge in [0.2, 0.25) is 0 Å². The molecule has 0 fully saturated rings. The van der Waals surface area contributed by atoms with Gasteiger partial charge in [0.1, 0.15) is 5.69 Å². The number of fused-ring (bicyclic) bond motifs is 1. The minimum Gasteiger partial charge on any atom is -0.306 e. The normalized spacial score (nSPS) is 11.0. The van der Waals surface area contributed by atoms with Crippen LogP contribution >= 0.6 is 0 Å². The zero-order valence-electron chi connectivity index (χ0n) is 10.7. The molecule has 0 amide bonds. The molecule has 3 aromatic rings. The maximum Gasteiger partial charge on any atom is 0.326 e. The van der Waals surface area contributed by atoms with Crippen LogP contribution in [0.25, 0.3) is 11.0 Å². The minimum absolute atomic E-state index is 0.113. The molecule has 1 aromatic carbocycles. The van der Waals surface area contributed by atoms with Crippen molar-refractivity contribution in [3.63, 3.8) is 0 Å². The molecule has 0 atom stereocenters. The Morgan fingerprint density at radius 3 is 2.90 bits per heavy atom. The summed E-state index contributed by atoms with van der Waals surface area (Å²) in [5.41, 5.74) is 1.93. The first kappa shape index (κ1) is 12.3. The molecule has 2 aromatic heterocycles. The Morgan fingerprint density at radius 1 is 1.25 bits per heavy atom. The molecule has 0 aliphatic carbocycles. The van der Waals surface area contributed by atoms with Crippen molar-refractivity contribution >= 4 is 17.3 Å². The standard InChI is InChI=1S/C13H13N5O2/c19-9-10-8-17(16-15-10)6-3-7-18-12-5-2-1-4-11(12)14-13(18)20/h1-2,4-5,8-9H,3,6-7H2,(H,14,20). The summed E-state index contributed by atoms with van der Waals surface area (Å²) in [6.45, 7) is 1.19. The largest absolute Gasteiger partial charge is 0.326 e. The van der Waals surface area contributed by atoms with Crippen molar-refractivity contribution < 1.29 is 4.79 Å². The average Bonchev–Trinajstić information content (AvgIpc) is 3.04. The van der Waals surface area contributed by atoms with Crippen molar-refractivity contribution in [2.45, 2.75) is 19.5 Å². The summed E-state index contributed by atoms with van der Waals surface area (Å²) in [6.07, 6.45) is 2.97. The second kappa shape index (κ2) is 5.12. The van der Waals surface area contributed by atoms with E-state index >= 15 is 0 Å². The van der Waals surface area contributed by atoms with E-state index in [1.54, 1.807) is 15.4 Å². The molecule has 0 aliphatic heterocycles. The molecule has 20 heavy (non-hydrogen) atoms. The number of H-pyrrole nitrogens is 1. The molecule has 0 unspecified atom stereocenters. The van der Waals surface area contributed by atoms with Crippen molar-refractivity contribution in [3.8, 4) is 0 Å². The Bertz CT molecular complexity index is 798. The Balaban J connectivity index is 1.72. The van der Waals surface area contributed by atoms with E-state index in [1.807, 2.05) is 24.3 Å². The number of nitrogens with one attached hydrogen (secondary N) is 1. The molecule has 0 aliphatic rings. The predicted octanol–water partition coefficient (Wildman–Crippen LogP) is 0.824. The van der Waals surface area contributed by atoms with Gasteiger partial charge in [0.15, 0.2) is 6.29 Å². The number of carbonyl (C=O) groups is 1. The van der Waals surface area contributed by atoms with Gasteiger partial charge in [-0.15, -0.1) is 5.10 Å². The first-order valence-corrected chi connectivity index (χ1v) is 6.31. The van der Waals surface area contributed by atoms with Crippen LogP contribution in [0.5, 0.6) is 0 Å². The van der Waals surface area contributed by atoms with Crippen molar-refractivity contribution in [1.82, 2.24) is 24.5 Å². The SMILES string of the molecule is O=Cc1cn(CCCn2c(=O)[nH]c3ccccc32)nn1. The Morgan fingerprint density at radius 2 is 2.10 bits per heavy atom. The predicted molar refractivity (Wildman–Crippen MR) is 72.6 cm³/mol. The van der Waals surface area contributed by atoms with Crippen LogP contribution in [0.4, 0.5) is 0 Å². The second-order valence-corrected chi connectivity index (χ2v) is 4.48. The number of aryl methyl sites for hydroxylation is 2. The van der Waals surface area contributed by atoms with Gasteiger partial charge in [0.25, 0.3) is 0 Å². The molecule has 0 saturated carbocycles. The number of aromatic nitrogens is 5. The molecule has 7 nitrogen and oxygen atoms in total. The van der Waals surface area contributed by atoms with Gasteiger partial charge in [0, 0.05) is 13.1 Å². The molecule has 0 spiro atoms. The number of para-hydroxylation sites is 2. The van der Waals surface area contributed by atoms with Crippen LogP contribution in [0.2, 0.25) is 0 Å². The number of aldehydes is 1. The lowest BCUT2D eigenvalue weighted by Gasteiger charge is -2.03. The number of hydrogen-bond acceptors (Lipinski definition) is 4. The van der Waals surface area contributed by atoms with E-state index in [-0.39, 0.29) is 5.69 Å². The van der Waals surface area contributed by atoms with Crippen molar-refractivity contribution in [3.05, 3.63) is 46.6 Å². The van der Waals surface area contributed by atoms with Gasteiger partial charge >= 0.3 is 5.69 Å². The third-order valence-corrected chi connectivity index (χ3v) is 3.13. The van der Waals surface area contributed by atoms with Crippen LogP contribution in [-0.2, 0) is 13.1 Å². The molecule has 0 bridgehead atoms. The van der Waals surface area contributed by atoms with E-state index in [0.29, 0.717) is 25.1 Å². The van der Waals surface area contributed by atoms with Crippen LogP contribution in [0.3, 0.4) is 0 Å². The summed E-state index contributed by atoms with van der Waals surface area (Å²) >= 11 is 0. The quantitative estimate of drug-likeness (QED) is 0.696. The number of carbonyl (C=O) groups excluding carboxylic acids is 1. The summed E-state index contributed by atoms with van der Waals surface area (Å²) in [5, 5.41) is 7.52. The van der Waals surface area contributed by atoms with Gasteiger partial charge < -0.3 is 4.98 Å². The van der Waals surface area contributed by atoms with Crippen LogP contribution in [0.1, 0.15) is 16.9 Å². The van der Waals surface area contributed by atoms with Crippen LogP contribution < -0.4 is 5.69 Å². The van der Waals surface area contributed by atoms with Gasteiger partial charge in [-0.05, 0) is 18.6 Å². The molecular formula is C13H13N5O2. The number of imidazole rings is 1. The van der Waals surface area contributed by atoms with E-state index in [0.717, 1.165) is 17.5 Å². The summed E-state index contributed by atoms with van der Waals surface area (Å²) in [5.74, 6) is 0. The van der Waals surface area contributed by atoms with Gasteiger partial charge in [-0.25, -0.2) is 4.79 Å². The minimum atomic E-state index is -0.113. The van der Waals surface area contributed by atoms with Gasteiger partial charge in [-0.3, -0.25) is 14.0 Å². The molecule has 1 N–H and O–H groups in total. The monoisotopic (exact) mass is 271 g/mol. The molecule has 0 radical (unpaired) electrons. The lowest BCUT2D eigenvalue weighted by molar-refractivity contribution is 0.111. The van der Waals surface area contributed by atoms with Crippen LogP contribution in [0.15, 0.2) is 35.3 Å². The highest BCUT2D eigenvalue weighted by Crippen LogP contribution is 2.09. The summed E-state index contributed by atoms with van der Waals surface area (Å²) < 4.78 is 3.30. The topological polar surface area (TPSA) is 85.6 Å². The number of aromatic amines is 1. The van der Waals surface area contributed by atoms with Crippen molar-refractivity contribution in [1.29, 1.82) is 0 Å². The number of hydrogen-bond donors (Lipinski definition) is 1. The molecule has 2 heterocycles. The second-order valence-electron chi connectivity index (χ2n) is 4.48. The Hall–Kier alpha value is -2.70. The van der Waals surface area contributed by atoms with Crippen molar-refractivity contribution in [2.75, 3.05) is 0 Å². The van der Waals surface area contributed by atoms with E-state index in [1.165, 1.54) is 0 Å². The Kier molecular flexibility index (Phi) is 3.16. The lowest BCUT2D eigenvalue weighted by Crippen LogP contribution is -2.17.